The zero-order valence-corrected chi connectivity index (χ0v) is 10.2. The second-order valence-electron chi connectivity index (χ2n) is 3.48. The summed E-state index contributed by atoms with van der Waals surface area (Å²) in [5, 5.41) is 14.2. The molecule has 0 aromatic heterocycles. The molecule has 1 atom stereocenters. The number of halogens is 1. The molecule has 0 fully saturated rings. The van der Waals surface area contributed by atoms with Crippen molar-refractivity contribution in [2.45, 2.75) is 13.0 Å². The van der Waals surface area contributed by atoms with Crippen LogP contribution in [0.1, 0.15) is 17.3 Å². The summed E-state index contributed by atoms with van der Waals surface area (Å²) >= 11 is 5.67. The molecule has 0 saturated heterocycles. The number of aromatic hydroxyl groups is 1. The lowest BCUT2D eigenvalue weighted by molar-refractivity contribution is -0.122. The Labute approximate surface area is 104 Å². The molecule has 0 radical (unpaired) electrons. The van der Waals surface area contributed by atoms with Crippen LogP contribution in [0.4, 0.5) is 0 Å². The van der Waals surface area contributed by atoms with Gasteiger partial charge >= 0.3 is 0 Å². The third-order valence-electron chi connectivity index (χ3n) is 2.20. The van der Waals surface area contributed by atoms with Crippen LogP contribution in [0.3, 0.4) is 0 Å². The molecule has 1 aromatic carbocycles. The van der Waals surface area contributed by atoms with Gasteiger partial charge in [-0.25, -0.2) is 0 Å². The normalized spacial score (nSPS) is 11.7. The quantitative estimate of drug-likeness (QED) is 0.752. The molecule has 92 valence electrons. The van der Waals surface area contributed by atoms with E-state index in [1.807, 2.05) is 0 Å². The van der Waals surface area contributed by atoms with Gasteiger partial charge in [0, 0.05) is 12.6 Å². The fourth-order valence-electron chi connectivity index (χ4n) is 1.21. The minimum absolute atomic E-state index is 0.0882. The first kappa shape index (κ1) is 13.3. The third-order valence-corrected chi connectivity index (χ3v) is 2.50. The van der Waals surface area contributed by atoms with Gasteiger partial charge in [-0.05, 0) is 25.1 Å². The van der Waals surface area contributed by atoms with E-state index in [4.69, 9.17) is 11.6 Å². The fourth-order valence-corrected chi connectivity index (χ4v) is 1.39. The molecule has 5 nitrogen and oxygen atoms in total. The predicted molar refractivity (Wildman–Crippen MR) is 64.1 cm³/mol. The zero-order valence-electron chi connectivity index (χ0n) is 9.45. The summed E-state index contributed by atoms with van der Waals surface area (Å²) in [6.07, 6.45) is 0. The van der Waals surface area contributed by atoms with Gasteiger partial charge in [0.2, 0.25) is 5.91 Å². The molecule has 0 saturated carbocycles. The number of phenols is 1. The van der Waals surface area contributed by atoms with Crippen molar-refractivity contribution in [3.8, 4) is 5.75 Å². The number of nitrogens with one attached hydrogen (secondary N) is 2. The van der Waals surface area contributed by atoms with Crippen molar-refractivity contribution in [2.24, 2.45) is 0 Å². The summed E-state index contributed by atoms with van der Waals surface area (Å²) in [6, 6.07) is 3.44. The van der Waals surface area contributed by atoms with Crippen molar-refractivity contribution < 1.29 is 14.7 Å². The van der Waals surface area contributed by atoms with Crippen LogP contribution in [-0.4, -0.2) is 30.0 Å². The van der Waals surface area contributed by atoms with Crippen LogP contribution in [0, 0.1) is 0 Å². The number of likely N-dealkylation sites (N-methyl/N-ethyl adjacent to an activating group) is 1. The highest BCUT2D eigenvalue weighted by molar-refractivity contribution is 6.32. The van der Waals surface area contributed by atoms with Crippen LogP contribution >= 0.6 is 11.6 Å². The average Bonchev–Trinajstić information content (AvgIpc) is 2.31. The number of phenolic OH excluding ortho intramolecular Hbond substituents is 1. The van der Waals surface area contributed by atoms with Crippen molar-refractivity contribution >= 4 is 23.4 Å². The molecule has 0 aliphatic carbocycles. The van der Waals surface area contributed by atoms with Gasteiger partial charge in [-0.2, -0.15) is 0 Å². The SMILES string of the molecule is CNC(=O)C(C)NC(=O)c1ccc(O)c(Cl)c1. The Bertz CT molecular complexity index is 448. The van der Waals surface area contributed by atoms with E-state index >= 15 is 0 Å². The molecule has 2 amide bonds. The lowest BCUT2D eigenvalue weighted by Crippen LogP contribution is -2.43. The molecule has 0 aliphatic heterocycles. The van der Waals surface area contributed by atoms with Crippen molar-refractivity contribution in [1.29, 1.82) is 0 Å². The maximum Gasteiger partial charge on any atom is 0.251 e. The fraction of sp³-hybridized carbons (Fsp3) is 0.273. The van der Waals surface area contributed by atoms with Gasteiger partial charge in [0.25, 0.3) is 5.91 Å². The Kier molecular flexibility index (Phi) is 4.34. The minimum Gasteiger partial charge on any atom is -0.506 e. The van der Waals surface area contributed by atoms with Gasteiger partial charge in [-0.3, -0.25) is 9.59 Å². The van der Waals surface area contributed by atoms with E-state index in [-0.39, 0.29) is 22.2 Å². The first-order valence-electron chi connectivity index (χ1n) is 4.96. The Morgan fingerprint density at radius 1 is 1.41 bits per heavy atom. The molecule has 1 aromatic rings. The summed E-state index contributed by atoms with van der Waals surface area (Å²) < 4.78 is 0. The molecule has 1 unspecified atom stereocenters. The van der Waals surface area contributed by atoms with Gasteiger partial charge in [-0.15, -0.1) is 0 Å². The first-order valence-corrected chi connectivity index (χ1v) is 5.34. The molecule has 17 heavy (non-hydrogen) atoms. The number of hydrogen-bond donors (Lipinski definition) is 3. The molecule has 0 spiro atoms. The van der Waals surface area contributed by atoms with E-state index in [1.165, 1.54) is 25.2 Å². The van der Waals surface area contributed by atoms with E-state index in [9.17, 15) is 14.7 Å². The lowest BCUT2D eigenvalue weighted by Gasteiger charge is -2.12. The molecule has 6 heteroatoms. The van der Waals surface area contributed by atoms with Crippen LogP contribution in [-0.2, 0) is 4.79 Å². The molecule has 1 rings (SSSR count). The maximum absolute atomic E-state index is 11.7. The summed E-state index contributed by atoms with van der Waals surface area (Å²) in [6.45, 7) is 1.57. The number of amides is 2. The van der Waals surface area contributed by atoms with Gasteiger partial charge in [0.15, 0.2) is 0 Å². The molecule has 0 bridgehead atoms. The maximum atomic E-state index is 11.7. The number of rotatable bonds is 3. The van der Waals surface area contributed by atoms with E-state index in [1.54, 1.807) is 6.92 Å². The second kappa shape index (κ2) is 5.54. The van der Waals surface area contributed by atoms with Gasteiger partial charge in [0.1, 0.15) is 11.8 Å². The molecule has 0 aliphatic rings. The van der Waals surface area contributed by atoms with E-state index < -0.39 is 11.9 Å². The predicted octanol–water partition coefficient (Wildman–Crippen LogP) is 0.910. The van der Waals surface area contributed by atoms with Crippen molar-refractivity contribution in [3.05, 3.63) is 28.8 Å². The summed E-state index contributed by atoms with van der Waals surface area (Å²) in [4.78, 5) is 22.9. The Balaban J connectivity index is 2.76. The van der Waals surface area contributed by atoms with Crippen LogP contribution in [0.15, 0.2) is 18.2 Å². The van der Waals surface area contributed by atoms with Gasteiger partial charge in [-0.1, -0.05) is 11.6 Å². The summed E-state index contributed by atoms with van der Waals surface area (Å²) in [5.41, 5.74) is 0.281. The van der Waals surface area contributed by atoms with Crippen LogP contribution in [0.25, 0.3) is 0 Å². The van der Waals surface area contributed by atoms with E-state index in [0.29, 0.717) is 0 Å². The highest BCUT2D eigenvalue weighted by atomic mass is 35.5. The standard InChI is InChI=1S/C11H13ClN2O3/c1-6(10(16)13-2)14-11(17)7-3-4-9(15)8(12)5-7/h3-6,15H,1-2H3,(H,13,16)(H,14,17). The monoisotopic (exact) mass is 256 g/mol. The molecule has 0 heterocycles. The smallest absolute Gasteiger partial charge is 0.251 e. The van der Waals surface area contributed by atoms with Gasteiger partial charge < -0.3 is 15.7 Å². The Morgan fingerprint density at radius 3 is 2.59 bits per heavy atom. The van der Waals surface area contributed by atoms with Crippen LogP contribution in [0.5, 0.6) is 5.75 Å². The lowest BCUT2D eigenvalue weighted by atomic mass is 10.2. The Hall–Kier alpha value is -1.75. The van der Waals surface area contributed by atoms with Crippen LogP contribution < -0.4 is 10.6 Å². The van der Waals surface area contributed by atoms with Crippen molar-refractivity contribution in [1.82, 2.24) is 10.6 Å². The van der Waals surface area contributed by atoms with E-state index in [2.05, 4.69) is 10.6 Å². The van der Waals surface area contributed by atoms with Crippen molar-refractivity contribution in [3.63, 3.8) is 0 Å². The number of hydrogen-bond acceptors (Lipinski definition) is 3. The topological polar surface area (TPSA) is 78.4 Å². The summed E-state index contributed by atoms with van der Waals surface area (Å²) in [5.74, 6) is -0.811. The van der Waals surface area contributed by atoms with Crippen LogP contribution in [0.2, 0.25) is 5.02 Å². The van der Waals surface area contributed by atoms with E-state index in [0.717, 1.165) is 0 Å². The first-order chi connectivity index (χ1) is 7.95. The minimum atomic E-state index is -0.639. The van der Waals surface area contributed by atoms with Gasteiger partial charge in [0.05, 0.1) is 5.02 Å². The summed E-state index contributed by atoms with van der Waals surface area (Å²) in [7, 11) is 1.49. The number of benzene rings is 1. The molecular formula is C11H13ClN2O3. The zero-order chi connectivity index (χ0) is 13.0. The Morgan fingerprint density at radius 2 is 2.06 bits per heavy atom. The highest BCUT2D eigenvalue weighted by Gasteiger charge is 2.15. The second-order valence-corrected chi connectivity index (χ2v) is 3.88. The molecular weight excluding hydrogens is 244 g/mol. The third kappa shape index (κ3) is 3.35. The number of carbonyl (C=O) groups is 2. The largest absolute Gasteiger partial charge is 0.506 e. The van der Waals surface area contributed by atoms with Crippen molar-refractivity contribution in [2.75, 3.05) is 7.05 Å². The number of carbonyl (C=O) groups excluding carboxylic acids is 2. The average molecular weight is 257 g/mol. The molecule has 3 N–H and O–H groups in total. The highest BCUT2D eigenvalue weighted by Crippen LogP contribution is 2.23.